The van der Waals surface area contributed by atoms with Crippen molar-refractivity contribution in [2.75, 3.05) is 13.1 Å². The van der Waals surface area contributed by atoms with Crippen LogP contribution >= 0.6 is 11.6 Å². The van der Waals surface area contributed by atoms with E-state index in [0.717, 1.165) is 17.5 Å². The van der Waals surface area contributed by atoms with Gasteiger partial charge in [0.1, 0.15) is 5.82 Å². The summed E-state index contributed by atoms with van der Waals surface area (Å²) in [5.41, 5.74) is 2.07. The third-order valence-corrected chi connectivity index (χ3v) is 4.24. The molecule has 2 aromatic carbocycles. The van der Waals surface area contributed by atoms with Gasteiger partial charge >= 0.3 is 0 Å². The van der Waals surface area contributed by atoms with E-state index < -0.39 is 0 Å². The van der Waals surface area contributed by atoms with E-state index in [1.54, 1.807) is 12.1 Å². The van der Waals surface area contributed by atoms with Crippen LogP contribution in [0.2, 0.25) is 5.02 Å². The van der Waals surface area contributed by atoms with E-state index >= 15 is 0 Å². The quantitative estimate of drug-likeness (QED) is 0.741. The molecule has 2 N–H and O–H groups in total. The van der Waals surface area contributed by atoms with E-state index in [1.807, 2.05) is 24.3 Å². The number of hydrogen-bond donors (Lipinski definition) is 2. The highest BCUT2D eigenvalue weighted by atomic mass is 35.5. The van der Waals surface area contributed by atoms with Crippen LogP contribution in [0.4, 0.5) is 4.39 Å². The Labute approximate surface area is 153 Å². The van der Waals surface area contributed by atoms with Crippen LogP contribution in [0.5, 0.6) is 0 Å². The number of carbonyl (C=O) groups excluding carboxylic acids is 1. The summed E-state index contributed by atoms with van der Waals surface area (Å²) >= 11 is 5.95. The van der Waals surface area contributed by atoms with E-state index in [9.17, 15) is 9.18 Å². The van der Waals surface area contributed by atoms with Crippen LogP contribution in [0.3, 0.4) is 0 Å². The van der Waals surface area contributed by atoms with Gasteiger partial charge in [-0.2, -0.15) is 0 Å². The Morgan fingerprint density at radius 3 is 2.52 bits per heavy atom. The molecule has 0 aromatic heterocycles. The van der Waals surface area contributed by atoms with Crippen molar-refractivity contribution in [1.29, 1.82) is 0 Å². The number of rotatable bonds is 8. The van der Waals surface area contributed by atoms with E-state index in [2.05, 4.69) is 24.5 Å². The van der Waals surface area contributed by atoms with E-state index in [-0.39, 0.29) is 30.2 Å². The lowest BCUT2D eigenvalue weighted by molar-refractivity contribution is -0.120. The zero-order valence-corrected chi connectivity index (χ0v) is 15.3. The lowest BCUT2D eigenvalue weighted by atomic mass is 9.96. The zero-order valence-electron chi connectivity index (χ0n) is 14.6. The largest absolute Gasteiger partial charge is 0.355 e. The topological polar surface area (TPSA) is 41.1 Å². The van der Waals surface area contributed by atoms with Crippen LogP contribution in [-0.2, 0) is 11.2 Å². The van der Waals surface area contributed by atoms with E-state index in [1.165, 1.54) is 12.1 Å². The fourth-order valence-electron chi connectivity index (χ4n) is 2.71. The Morgan fingerprint density at radius 1 is 1.16 bits per heavy atom. The van der Waals surface area contributed by atoms with Crippen LogP contribution in [0.1, 0.15) is 31.0 Å². The first-order valence-corrected chi connectivity index (χ1v) is 8.83. The number of benzene rings is 2. The van der Waals surface area contributed by atoms with Gasteiger partial charge in [0.05, 0.1) is 6.54 Å². The molecule has 0 aliphatic carbocycles. The van der Waals surface area contributed by atoms with Crippen molar-refractivity contribution in [3.63, 3.8) is 0 Å². The molecule has 3 nitrogen and oxygen atoms in total. The van der Waals surface area contributed by atoms with Crippen LogP contribution in [0.15, 0.2) is 48.5 Å². The van der Waals surface area contributed by atoms with E-state index in [0.29, 0.717) is 11.6 Å². The maximum Gasteiger partial charge on any atom is 0.233 e. The normalized spacial score (nSPS) is 12.2. The number of nitrogens with one attached hydrogen (secondary N) is 2. The van der Waals surface area contributed by atoms with Crippen molar-refractivity contribution in [1.82, 2.24) is 10.6 Å². The molecular formula is C20H24ClFN2O. The molecular weight excluding hydrogens is 339 g/mol. The number of amides is 1. The average Bonchev–Trinajstić information content (AvgIpc) is 2.56. The van der Waals surface area contributed by atoms with Gasteiger partial charge in [0.2, 0.25) is 5.91 Å². The Balaban J connectivity index is 1.79. The average molecular weight is 363 g/mol. The molecule has 2 rings (SSSR count). The second kappa shape index (κ2) is 9.54. The molecule has 0 saturated heterocycles. The number of hydrogen-bond acceptors (Lipinski definition) is 2. The Kier molecular flexibility index (Phi) is 7.41. The molecule has 0 aliphatic heterocycles. The number of halogens is 2. The van der Waals surface area contributed by atoms with Crippen molar-refractivity contribution in [2.45, 2.75) is 26.3 Å². The summed E-state index contributed by atoms with van der Waals surface area (Å²) in [5.74, 6) is -0.0375. The predicted molar refractivity (Wildman–Crippen MR) is 100 cm³/mol. The molecule has 0 saturated carbocycles. The Bertz CT molecular complexity index is 688. The maximum atomic E-state index is 13.1. The predicted octanol–water partition coefficient (Wildman–Crippen LogP) is 4.12. The van der Waals surface area contributed by atoms with Crippen LogP contribution in [0, 0.1) is 11.7 Å². The molecule has 1 atom stereocenters. The van der Waals surface area contributed by atoms with Gasteiger partial charge in [-0.25, -0.2) is 4.39 Å². The summed E-state index contributed by atoms with van der Waals surface area (Å²) in [6.07, 6.45) is 0.734. The molecule has 0 spiro atoms. The minimum atomic E-state index is -0.259. The first kappa shape index (κ1) is 19.4. The summed E-state index contributed by atoms with van der Waals surface area (Å²) in [4.78, 5) is 12.1. The van der Waals surface area contributed by atoms with Gasteiger partial charge in [-0.15, -0.1) is 0 Å². The van der Waals surface area contributed by atoms with Gasteiger partial charge in [0.25, 0.3) is 0 Å². The molecule has 0 heterocycles. The molecule has 0 radical (unpaired) electrons. The monoisotopic (exact) mass is 362 g/mol. The standard InChI is InChI=1S/C20H24ClFN2O/c1-14(2)20(16-6-8-18(22)9-7-16)24-13-19(25)23-11-10-15-4-3-5-17(21)12-15/h3-9,12,14,20,24H,10-11,13H2,1-2H3,(H,23,25). The summed E-state index contributed by atoms with van der Waals surface area (Å²) in [5, 5.41) is 6.86. The van der Waals surface area contributed by atoms with Crippen molar-refractivity contribution >= 4 is 17.5 Å². The van der Waals surface area contributed by atoms with Gasteiger partial charge in [0, 0.05) is 17.6 Å². The third kappa shape index (κ3) is 6.48. The van der Waals surface area contributed by atoms with Crippen molar-refractivity contribution in [3.8, 4) is 0 Å². The number of carbonyl (C=O) groups is 1. The molecule has 1 amide bonds. The van der Waals surface area contributed by atoms with Gasteiger partial charge in [-0.05, 0) is 47.7 Å². The maximum absolute atomic E-state index is 13.1. The van der Waals surface area contributed by atoms with Gasteiger partial charge < -0.3 is 10.6 Å². The van der Waals surface area contributed by atoms with Gasteiger partial charge in [-0.3, -0.25) is 4.79 Å². The molecule has 25 heavy (non-hydrogen) atoms. The van der Waals surface area contributed by atoms with Crippen molar-refractivity contribution < 1.29 is 9.18 Å². The second-order valence-electron chi connectivity index (χ2n) is 6.38. The zero-order chi connectivity index (χ0) is 18.2. The van der Waals surface area contributed by atoms with Crippen LogP contribution < -0.4 is 10.6 Å². The minimum Gasteiger partial charge on any atom is -0.355 e. The summed E-state index contributed by atoms with van der Waals surface area (Å²) in [6, 6.07) is 14.0. The highest BCUT2D eigenvalue weighted by molar-refractivity contribution is 6.30. The minimum absolute atomic E-state index is 0.000667. The van der Waals surface area contributed by atoms with E-state index in [4.69, 9.17) is 11.6 Å². The first-order valence-electron chi connectivity index (χ1n) is 8.45. The first-order chi connectivity index (χ1) is 12.0. The fourth-order valence-corrected chi connectivity index (χ4v) is 2.93. The lowest BCUT2D eigenvalue weighted by Crippen LogP contribution is -2.38. The third-order valence-electron chi connectivity index (χ3n) is 4.00. The highest BCUT2D eigenvalue weighted by Crippen LogP contribution is 2.21. The molecule has 5 heteroatoms. The smallest absolute Gasteiger partial charge is 0.233 e. The summed E-state index contributed by atoms with van der Waals surface area (Å²) in [6.45, 7) is 4.91. The molecule has 1 unspecified atom stereocenters. The second-order valence-corrected chi connectivity index (χ2v) is 6.82. The van der Waals surface area contributed by atoms with Crippen molar-refractivity contribution in [2.24, 2.45) is 5.92 Å². The Morgan fingerprint density at radius 2 is 1.88 bits per heavy atom. The summed E-state index contributed by atoms with van der Waals surface area (Å²) < 4.78 is 13.1. The Hall–Kier alpha value is -1.91. The fraction of sp³-hybridized carbons (Fsp3) is 0.350. The summed E-state index contributed by atoms with van der Waals surface area (Å²) in [7, 11) is 0. The molecule has 0 aliphatic rings. The molecule has 134 valence electrons. The van der Waals surface area contributed by atoms with Gasteiger partial charge in [-0.1, -0.05) is 49.7 Å². The van der Waals surface area contributed by atoms with Crippen LogP contribution in [-0.4, -0.2) is 19.0 Å². The molecule has 0 bridgehead atoms. The van der Waals surface area contributed by atoms with Gasteiger partial charge in [0.15, 0.2) is 0 Å². The van der Waals surface area contributed by atoms with Crippen molar-refractivity contribution in [3.05, 3.63) is 70.5 Å². The SMILES string of the molecule is CC(C)C(NCC(=O)NCCc1cccc(Cl)c1)c1ccc(F)cc1. The van der Waals surface area contributed by atoms with Crippen LogP contribution in [0.25, 0.3) is 0 Å². The molecule has 0 fully saturated rings. The lowest BCUT2D eigenvalue weighted by Gasteiger charge is -2.22. The molecule has 2 aromatic rings. The highest BCUT2D eigenvalue weighted by Gasteiger charge is 2.16.